The Hall–Kier alpha value is -1.39. The van der Waals surface area contributed by atoms with Gasteiger partial charge in [-0.05, 0) is 26.8 Å². The van der Waals surface area contributed by atoms with Crippen LogP contribution in [0.4, 0.5) is 0 Å². The highest BCUT2D eigenvalue weighted by molar-refractivity contribution is 7.09. The number of aromatic nitrogens is 1. The van der Waals surface area contributed by atoms with Crippen molar-refractivity contribution in [3.63, 3.8) is 0 Å². The fourth-order valence-corrected chi connectivity index (χ4v) is 2.66. The van der Waals surface area contributed by atoms with Crippen molar-refractivity contribution in [2.45, 2.75) is 33.4 Å². The molecule has 1 aromatic heterocycles. The van der Waals surface area contributed by atoms with Crippen molar-refractivity contribution in [2.75, 3.05) is 7.11 Å². The molecule has 3 nitrogen and oxygen atoms in total. The van der Waals surface area contributed by atoms with Crippen LogP contribution in [-0.4, -0.2) is 12.1 Å². The van der Waals surface area contributed by atoms with Crippen LogP contribution in [0.3, 0.4) is 0 Å². The van der Waals surface area contributed by atoms with Crippen LogP contribution in [0.25, 0.3) is 0 Å². The Morgan fingerprint density at radius 1 is 1.37 bits per heavy atom. The summed E-state index contributed by atoms with van der Waals surface area (Å²) < 4.78 is 5.42. The summed E-state index contributed by atoms with van der Waals surface area (Å²) >= 11 is 1.69. The molecule has 0 aliphatic carbocycles. The topological polar surface area (TPSA) is 34.1 Å². The maximum absolute atomic E-state index is 5.42. The molecule has 0 saturated carbocycles. The van der Waals surface area contributed by atoms with E-state index in [2.05, 4.69) is 41.7 Å². The zero-order chi connectivity index (χ0) is 13.8. The molecule has 2 aromatic rings. The molecular formula is C15H20N2OS. The second-order valence-electron chi connectivity index (χ2n) is 4.71. The molecule has 1 unspecified atom stereocenters. The van der Waals surface area contributed by atoms with Gasteiger partial charge >= 0.3 is 0 Å². The van der Waals surface area contributed by atoms with E-state index in [-0.39, 0.29) is 6.04 Å². The van der Waals surface area contributed by atoms with E-state index in [0.29, 0.717) is 0 Å². The van der Waals surface area contributed by atoms with Crippen LogP contribution in [0.15, 0.2) is 23.6 Å². The first-order valence-corrected chi connectivity index (χ1v) is 7.27. The standard InChI is InChI=1S/C15H20N2OS/c1-10-5-6-15(18-4)14(7-10)11(2)16-8-13-9-19-12(3)17-13/h5-7,9,11,16H,8H2,1-4H3. The third-order valence-electron chi connectivity index (χ3n) is 3.11. The first-order valence-electron chi connectivity index (χ1n) is 6.39. The highest BCUT2D eigenvalue weighted by Gasteiger charge is 2.11. The van der Waals surface area contributed by atoms with Crippen LogP contribution in [0.5, 0.6) is 5.75 Å². The van der Waals surface area contributed by atoms with E-state index < -0.39 is 0 Å². The number of nitrogens with zero attached hydrogens (tertiary/aromatic N) is 1. The lowest BCUT2D eigenvalue weighted by Crippen LogP contribution is -2.19. The minimum Gasteiger partial charge on any atom is -0.496 e. The zero-order valence-corrected chi connectivity index (χ0v) is 12.7. The van der Waals surface area contributed by atoms with Crippen molar-refractivity contribution < 1.29 is 4.74 Å². The fourth-order valence-electron chi connectivity index (χ4n) is 2.05. The van der Waals surface area contributed by atoms with E-state index in [4.69, 9.17) is 4.74 Å². The van der Waals surface area contributed by atoms with E-state index >= 15 is 0 Å². The molecule has 0 radical (unpaired) electrons. The lowest BCUT2D eigenvalue weighted by Gasteiger charge is -2.17. The average molecular weight is 276 g/mol. The molecule has 1 N–H and O–H groups in total. The van der Waals surface area contributed by atoms with Gasteiger partial charge in [-0.3, -0.25) is 0 Å². The quantitative estimate of drug-likeness (QED) is 0.905. The Bertz CT molecular complexity index is 551. The Morgan fingerprint density at radius 3 is 2.79 bits per heavy atom. The Balaban J connectivity index is 2.06. The van der Waals surface area contributed by atoms with Crippen molar-refractivity contribution in [3.05, 3.63) is 45.4 Å². The molecule has 0 aliphatic rings. The van der Waals surface area contributed by atoms with E-state index in [0.717, 1.165) is 23.0 Å². The first kappa shape index (κ1) is 14.0. The van der Waals surface area contributed by atoms with Crippen molar-refractivity contribution in [3.8, 4) is 5.75 Å². The van der Waals surface area contributed by atoms with Gasteiger partial charge in [0.1, 0.15) is 5.75 Å². The molecule has 4 heteroatoms. The van der Waals surface area contributed by atoms with E-state index in [9.17, 15) is 0 Å². The van der Waals surface area contributed by atoms with Crippen LogP contribution in [0.1, 0.15) is 34.8 Å². The molecule has 0 bridgehead atoms. The molecule has 0 amide bonds. The lowest BCUT2D eigenvalue weighted by atomic mass is 10.0. The van der Waals surface area contributed by atoms with Crippen LogP contribution >= 0.6 is 11.3 Å². The predicted octanol–water partition coefficient (Wildman–Crippen LogP) is 3.62. The van der Waals surface area contributed by atoms with Gasteiger partial charge in [0.15, 0.2) is 0 Å². The Labute approximate surface area is 118 Å². The summed E-state index contributed by atoms with van der Waals surface area (Å²) in [5.41, 5.74) is 3.53. The van der Waals surface area contributed by atoms with Crippen LogP contribution in [-0.2, 0) is 6.54 Å². The molecule has 102 valence electrons. The maximum atomic E-state index is 5.42. The zero-order valence-electron chi connectivity index (χ0n) is 11.9. The van der Waals surface area contributed by atoms with E-state index in [1.807, 2.05) is 13.0 Å². The van der Waals surface area contributed by atoms with Crippen molar-refractivity contribution in [2.24, 2.45) is 0 Å². The summed E-state index contributed by atoms with van der Waals surface area (Å²) in [5.74, 6) is 0.931. The van der Waals surface area contributed by atoms with E-state index in [1.54, 1.807) is 18.4 Å². The molecule has 19 heavy (non-hydrogen) atoms. The van der Waals surface area contributed by atoms with Gasteiger partial charge in [-0.2, -0.15) is 0 Å². The van der Waals surface area contributed by atoms with Crippen molar-refractivity contribution in [1.82, 2.24) is 10.3 Å². The van der Waals surface area contributed by atoms with Gasteiger partial charge in [0, 0.05) is 23.5 Å². The third kappa shape index (κ3) is 3.55. The minimum atomic E-state index is 0.233. The Morgan fingerprint density at radius 2 is 2.16 bits per heavy atom. The van der Waals surface area contributed by atoms with Gasteiger partial charge in [0.2, 0.25) is 0 Å². The third-order valence-corrected chi connectivity index (χ3v) is 3.93. The minimum absolute atomic E-state index is 0.233. The number of hydrogen-bond donors (Lipinski definition) is 1. The summed E-state index contributed by atoms with van der Waals surface area (Å²) in [6, 6.07) is 6.49. The predicted molar refractivity (Wildman–Crippen MR) is 79.8 cm³/mol. The number of rotatable bonds is 5. The molecule has 1 aromatic carbocycles. The van der Waals surface area contributed by atoms with Gasteiger partial charge in [-0.25, -0.2) is 4.98 Å². The molecule has 0 aliphatic heterocycles. The summed E-state index contributed by atoms with van der Waals surface area (Å²) in [6.07, 6.45) is 0. The Kier molecular flexibility index (Phi) is 4.56. The maximum Gasteiger partial charge on any atom is 0.123 e. The van der Waals surface area contributed by atoms with Gasteiger partial charge in [-0.1, -0.05) is 17.7 Å². The molecular weight excluding hydrogens is 256 g/mol. The summed E-state index contributed by atoms with van der Waals surface area (Å²) in [6.45, 7) is 7.06. The van der Waals surface area contributed by atoms with Gasteiger partial charge in [-0.15, -0.1) is 11.3 Å². The number of aryl methyl sites for hydroxylation is 2. The molecule has 0 saturated heterocycles. The second kappa shape index (κ2) is 6.17. The molecule has 1 atom stereocenters. The molecule has 0 fully saturated rings. The number of hydrogen-bond acceptors (Lipinski definition) is 4. The SMILES string of the molecule is COc1ccc(C)cc1C(C)NCc1csc(C)n1. The highest BCUT2D eigenvalue weighted by Crippen LogP contribution is 2.26. The smallest absolute Gasteiger partial charge is 0.123 e. The highest BCUT2D eigenvalue weighted by atomic mass is 32.1. The van der Waals surface area contributed by atoms with E-state index in [1.165, 1.54) is 11.1 Å². The average Bonchev–Trinajstić information content (AvgIpc) is 2.81. The summed E-state index contributed by atoms with van der Waals surface area (Å²) in [7, 11) is 1.71. The van der Waals surface area contributed by atoms with Crippen LogP contribution in [0, 0.1) is 13.8 Å². The van der Waals surface area contributed by atoms with Crippen molar-refractivity contribution in [1.29, 1.82) is 0 Å². The first-order chi connectivity index (χ1) is 9.10. The number of ether oxygens (including phenoxy) is 1. The van der Waals surface area contributed by atoms with Crippen LogP contribution < -0.4 is 10.1 Å². The van der Waals surface area contributed by atoms with Crippen LogP contribution in [0.2, 0.25) is 0 Å². The summed E-state index contributed by atoms with van der Waals surface area (Å²) in [4.78, 5) is 4.46. The lowest BCUT2D eigenvalue weighted by molar-refractivity contribution is 0.401. The molecule has 0 spiro atoms. The monoisotopic (exact) mass is 276 g/mol. The van der Waals surface area contributed by atoms with Crippen molar-refractivity contribution >= 4 is 11.3 Å². The number of methoxy groups -OCH3 is 1. The van der Waals surface area contributed by atoms with Gasteiger partial charge in [0.25, 0.3) is 0 Å². The molecule has 2 rings (SSSR count). The fraction of sp³-hybridized carbons (Fsp3) is 0.400. The second-order valence-corrected chi connectivity index (χ2v) is 5.77. The van der Waals surface area contributed by atoms with Gasteiger partial charge < -0.3 is 10.1 Å². The number of nitrogens with one attached hydrogen (secondary N) is 1. The summed E-state index contributed by atoms with van der Waals surface area (Å²) in [5, 5.41) is 6.70. The largest absolute Gasteiger partial charge is 0.496 e. The normalized spacial score (nSPS) is 12.4. The number of thiazole rings is 1. The molecule has 1 heterocycles. The number of benzene rings is 1. The van der Waals surface area contributed by atoms with Gasteiger partial charge in [0.05, 0.1) is 17.8 Å².